The van der Waals surface area contributed by atoms with E-state index in [1.165, 1.54) is 17.4 Å². The Hall–Kier alpha value is -1.86. The zero-order valence-corrected chi connectivity index (χ0v) is 18.8. The summed E-state index contributed by atoms with van der Waals surface area (Å²) < 4.78 is 5.24. The molecule has 156 valence electrons. The van der Waals surface area contributed by atoms with Crippen LogP contribution in [0.1, 0.15) is 40.2 Å². The molecule has 1 aliphatic heterocycles. The van der Waals surface area contributed by atoms with Crippen molar-refractivity contribution in [1.82, 2.24) is 4.90 Å². The molecule has 29 heavy (non-hydrogen) atoms. The van der Waals surface area contributed by atoms with Crippen LogP contribution >= 0.6 is 35.3 Å². The van der Waals surface area contributed by atoms with Crippen LogP contribution in [0, 0.1) is 0 Å². The van der Waals surface area contributed by atoms with Gasteiger partial charge in [0.05, 0.1) is 12.2 Å². The normalized spacial score (nSPS) is 13.6. The van der Waals surface area contributed by atoms with Crippen LogP contribution in [0.4, 0.5) is 5.00 Å². The third-order valence-electron chi connectivity index (χ3n) is 4.62. The maximum Gasteiger partial charge on any atom is 0.341 e. The van der Waals surface area contributed by atoms with E-state index >= 15 is 0 Å². The number of carbonyl (C=O) groups excluding carboxylic acids is 2. The van der Waals surface area contributed by atoms with Gasteiger partial charge in [-0.2, -0.15) is 0 Å². The summed E-state index contributed by atoms with van der Waals surface area (Å²) >= 11 is 7.57. The number of halogens is 2. The van der Waals surface area contributed by atoms with Crippen LogP contribution in [-0.4, -0.2) is 36.5 Å². The molecule has 0 saturated carbocycles. The second kappa shape index (κ2) is 10.8. The molecule has 0 radical (unpaired) electrons. The van der Waals surface area contributed by atoms with E-state index in [9.17, 15) is 9.59 Å². The molecule has 0 unspecified atom stereocenters. The van der Waals surface area contributed by atoms with E-state index in [0.717, 1.165) is 42.1 Å². The molecule has 0 fully saturated rings. The molecule has 0 bridgehead atoms. The van der Waals surface area contributed by atoms with Gasteiger partial charge in [-0.1, -0.05) is 36.7 Å². The van der Waals surface area contributed by atoms with Crippen molar-refractivity contribution < 1.29 is 14.3 Å². The summed E-state index contributed by atoms with van der Waals surface area (Å²) in [6.07, 6.45) is 3.86. The van der Waals surface area contributed by atoms with Gasteiger partial charge in [-0.15, -0.1) is 23.7 Å². The number of rotatable bonds is 6. The molecule has 3 rings (SSSR count). The molecule has 0 saturated heterocycles. The number of esters is 1. The first-order valence-electron chi connectivity index (χ1n) is 9.31. The highest BCUT2D eigenvalue weighted by atomic mass is 35.5. The Morgan fingerprint density at radius 1 is 1.31 bits per heavy atom. The number of benzene rings is 1. The quantitative estimate of drug-likeness (QED) is 0.491. The second-order valence-electron chi connectivity index (χ2n) is 6.39. The number of thiophene rings is 1. The molecular weight excluding hydrogens is 431 g/mol. The highest BCUT2D eigenvalue weighted by Gasteiger charge is 2.28. The maximum atomic E-state index is 12.5. The van der Waals surface area contributed by atoms with E-state index in [2.05, 4.69) is 17.1 Å². The van der Waals surface area contributed by atoms with Crippen LogP contribution in [0.15, 0.2) is 30.3 Å². The van der Waals surface area contributed by atoms with Gasteiger partial charge < -0.3 is 10.1 Å². The number of amides is 1. The fraction of sp³-hybridized carbons (Fsp3) is 0.333. The van der Waals surface area contributed by atoms with Crippen molar-refractivity contribution in [2.45, 2.75) is 26.8 Å². The van der Waals surface area contributed by atoms with Gasteiger partial charge in [0.25, 0.3) is 0 Å². The molecule has 1 aliphatic rings. The molecule has 0 spiro atoms. The van der Waals surface area contributed by atoms with Crippen LogP contribution in [0.25, 0.3) is 6.08 Å². The smallest absolute Gasteiger partial charge is 0.341 e. The molecular formula is C21H24Cl2N2O3S. The van der Waals surface area contributed by atoms with E-state index in [4.69, 9.17) is 16.3 Å². The van der Waals surface area contributed by atoms with Gasteiger partial charge in [-0.3, -0.25) is 9.69 Å². The number of hydrogen-bond donors (Lipinski definition) is 1. The summed E-state index contributed by atoms with van der Waals surface area (Å²) in [4.78, 5) is 28.4. The molecule has 2 aromatic rings. The van der Waals surface area contributed by atoms with Crippen LogP contribution in [0.5, 0.6) is 0 Å². The fourth-order valence-corrected chi connectivity index (χ4v) is 4.64. The summed E-state index contributed by atoms with van der Waals surface area (Å²) in [6, 6.07) is 7.29. The molecule has 5 nitrogen and oxygen atoms in total. The number of fused-ring (bicyclic) bond motifs is 1. The summed E-state index contributed by atoms with van der Waals surface area (Å²) in [5.41, 5.74) is 2.25. The summed E-state index contributed by atoms with van der Waals surface area (Å²) in [5.74, 6) is -0.688. The van der Waals surface area contributed by atoms with Gasteiger partial charge in [0.2, 0.25) is 5.91 Å². The van der Waals surface area contributed by atoms with Gasteiger partial charge in [0.1, 0.15) is 5.00 Å². The lowest BCUT2D eigenvalue weighted by Gasteiger charge is -2.25. The molecule has 1 N–H and O–H groups in total. The van der Waals surface area contributed by atoms with Gasteiger partial charge >= 0.3 is 5.97 Å². The number of likely N-dealkylation sites (N-methyl/N-ethyl adjacent to an activating group) is 1. The van der Waals surface area contributed by atoms with Crippen molar-refractivity contribution >= 4 is 58.3 Å². The van der Waals surface area contributed by atoms with Crippen molar-refractivity contribution in [3.8, 4) is 0 Å². The number of hydrogen-bond acceptors (Lipinski definition) is 5. The molecule has 1 aromatic heterocycles. The van der Waals surface area contributed by atoms with E-state index in [1.54, 1.807) is 19.1 Å². The van der Waals surface area contributed by atoms with Crippen LogP contribution in [0.2, 0.25) is 5.02 Å². The Morgan fingerprint density at radius 3 is 2.76 bits per heavy atom. The molecule has 2 heterocycles. The molecule has 0 atom stereocenters. The summed E-state index contributed by atoms with van der Waals surface area (Å²) in [6.45, 7) is 6.83. The van der Waals surface area contributed by atoms with Gasteiger partial charge in [0.15, 0.2) is 0 Å². The predicted octanol–water partition coefficient (Wildman–Crippen LogP) is 5.03. The van der Waals surface area contributed by atoms with E-state index < -0.39 is 0 Å². The first kappa shape index (κ1) is 23.4. The average Bonchev–Trinajstić information content (AvgIpc) is 3.04. The number of ether oxygens (including phenoxy) is 1. The maximum absolute atomic E-state index is 12.5. The first-order chi connectivity index (χ1) is 13.5. The molecule has 1 aromatic carbocycles. The monoisotopic (exact) mass is 454 g/mol. The molecule has 1 amide bonds. The number of nitrogens with zero attached hydrogens (tertiary/aromatic N) is 1. The summed E-state index contributed by atoms with van der Waals surface area (Å²) in [7, 11) is 0. The predicted molar refractivity (Wildman–Crippen MR) is 121 cm³/mol. The van der Waals surface area contributed by atoms with Crippen molar-refractivity contribution in [3.63, 3.8) is 0 Å². The topological polar surface area (TPSA) is 58.6 Å². The third-order valence-corrected chi connectivity index (χ3v) is 6.10. The van der Waals surface area contributed by atoms with E-state index in [-0.39, 0.29) is 24.3 Å². The third kappa shape index (κ3) is 5.60. The zero-order valence-electron chi connectivity index (χ0n) is 16.4. The number of nitrogens with one attached hydrogen (secondary N) is 1. The first-order valence-corrected chi connectivity index (χ1v) is 10.5. The minimum absolute atomic E-state index is 0. The lowest BCUT2D eigenvalue weighted by atomic mass is 10.0. The zero-order chi connectivity index (χ0) is 20.1. The van der Waals surface area contributed by atoms with Crippen molar-refractivity contribution in [2.75, 3.05) is 25.0 Å². The Morgan fingerprint density at radius 2 is 2.07 bits per heavy atom. The lowest BCUT2D eigenvalue weighted by molar-refractivity contribution is -0.111. The van der Waals surface area contributed by atoms with E-state index in [0.29, 0.717) is 22.2 Å². The van der Waals surface area contributed by atoms with Crippen LogP contribution in [-0.2, 0) is 22.5 Å². The molecule has 8 heteroatoms. The highest BCUT2D eigenvalue weighted by molar-refractivity contribution is 7.17. The Kier molecular flexibility index (Phi) is 8.71. The minimum Gasteiger partial charge on any atom is -0.462 e. The highest BCUT2D eigenvalue weighted by Crippen LogP contribution is 2.37. The van der Waals surface area contributed by atoms with Crippen LogP contribution < -0.4 is 5.32 Å². The standard InChI is InChI=1S/C21H23ClN2O3S.ClH/c1-3-24-12-11-15-17(13-24)28-20(19(15)21(26)27-4-2)23-18(25)10-9-14-7-5-6-8-16(14)22;/h5-10H,3-4,11-13H2,1-2H3,(H,23,25);1H/b10-9-;. The van der Waals surface area contributed by atoms with Crippen LogP contribution in [0.3, 0.4) is 0 Å². The number of carbonyl (C=O) groups is 2. The lowest BCUT2D eigenvalue weighted by Crippen LogP contribution is -2.30. The summed E-state index contributed by atoms with van der Waals surface area (Å²) in [5, 5.41) is 3.99. The van der Waals surface area contributed by atoms with Gasteiger partial charge in [-0.05, 0) is 43.2 Å². The van der Waals surface area contributed by atoms with E-state index in [1.807, 2.05) is 18.2 Å². The van der Waals surface area contributed by atoms with Crippen molar-refractivity contribution in [1.29, 1.82) is 0 Å². The van der Waals surface area contributed by atoms with Gasteiger partial charge in [-0.25, -0.2) is 4.79 Å². The Labute approximate surface area is 186 Å². The fourth-order valence-electron chi connectivity index (χ4n) is 3.16. The number of anilines is 1. The van der Waals surface area contributed by atoms with Gasteiger partial charge in [0, 0.05) is 29.1 Å². The van der Waals surface area contributed by atoms with Crippen molar-refractivity contribution in [2.24, 2.45) is 0 Å². The van der Waals surface area contributed by atoms with Crippen molar-refractivity contribution in [3.05, 3.63) is 56.9 Å². The largest absolute Gasteiger partial charge is 0.462 e. The average molecular weight is 455 g/mol. The Balaban J connectivity index is 0.00000300. The minimum atomic E-state index is -0.379. The second-order valence-corrected chi connectivity index (χ2v) is 7.90. The SMILES string of the molecule is CCOC(=O)c1c(NC(=O)/C=C\c2ccccc2Cl)sc2c1CCN(CC)C2.Cl. The molecule has 0 aliphatic carbocycles. The Bertz CT molecular complexity index is 911.